The number of methoxy groups -OCH3 is 1. The number of carbonyl (C=O) groups excluding carboxylic acids is 1. The fourth-order valence-electron chi connectivity index (χ4n) is 0.844. The summed E-state index contributed by atoms with van der Waals surface area (Å²) in [5.74, 6) is 2.02. The SMILES string of the molecule is COC(=O)[C]1[P][CH][C](C)[C]1C. The summed E-state index contributed by atoms with van der Waals surface area (Å²) in [5.41, 5.74) is 0.769. The molecule has 1 aliphatic heterocycles. The summed E-state index contributed by atoms with van der Waals surface area (Å²) in [5, 5.41) is 0. The van der Waals surface area contributed by atoms with Crippen LogP contribution in [0.4, 0.5) is 0 Å². The minimum absolute atomic E-state index is 0.211. The van der Waals surface area contributed by atoms with Crippen LogP contribution in [0.2, 0.25) is 0 Å². The van der Waals surface area contributed by atoms with Crippen molar-refractivity contribution in [3.8, 4) is 0 Å². The largest absolute Gasteiger partial charge is 0.468 e. The van der Waals surface area contributed by atoms with Gasteiger partial charge in [-0.3, -0.25) is 4.79 Å². The number of carbonyl (C=O) groups is 1. The standard InChI is InChI=1S/C8H10O2P/c1-5-4-11-7(6(5)2)8(9)10-3/h4H,1-3H3. The van der Waals surface area contributed by atoms with E-state index in [4.69, 9.17) is 0 Å². The van der Waals surface area contributed by atoms with Crippen molar-refractivity contribution in [1.82, 2.24) is 0 Å². The molecule has 0 aromatic rings. The van der Waals surface area contributed by atoms with Gasteiger partial charge < -0.3 is 4.74 Å². The predicted molar refractivity (Wildman–Crippen MR) is 44.3 cm³/mol. The van der Waals surface area contributed by atoms with Gasteiger partial charge in [0, 0.05) is 5.92 Å². The number of hydrogen-bond acceptors (Lipinski definition) is 2. The lowest BCUT2D eigenvalue weighted by Crippen LogP contribution is -2.13. The van der Waals surface area contributed by atoms with Crippen molar-refractivity contribution in [1.29, 1.82) is 0 Å². The summed E-state index contributed by atoms with van der Waals surface area (Å²) >= 11 is 0. The molecule has 0 aliphatic carbocycles. The van der Waals surface area contributed by atoms with Crippen molar-refractivity contribution < 1.29 is 9.53 Å². The quantitative estimate of drug-likeness (QED) is 0.443. The molecule has 0 spiro atoms. The van der Waals surface area contributed by atoms with Gasteiger partial charge >= 0.3 is 5.97 Å². The normalized spacial score (nSPS) is 24.6. The first-order valence-electron chi connectivity index (χ1n) is 3.34. The van der Waals surface area contributed by atoms with E-state index in [0.29, 0.717) is 0 Å². The zero-order valence-corrected chi connectivity index (χ0v) is 7.74. The Bertz CT molecular complexity index is 158. The van der Waals surface area contributed by atoms with Gasteiger partial charge in [0.25, 0.3) is 0 Å². The second-order valence-electron chi connectivity index (χ2n) is 2.41. The topological polar surface area (TPSA) is 26.3 Å². The first-order valence-corrected chi connectivity index (χ1v) is 4.30. The van der Waals surface area contributed by atoms with E-state index in [1.54, 1.807) is 0 Å². The Balaban J connectivity index is 2.54. The zero-order valence-electron chi connectivity index (χ0n) is 6.84. The van der Waals surface area contributed by atoms with E-state index in [0.717, 1.165) is 20.2 Å². The number of esters is 1. The molecule has 59 valence electrons. The van der Waals surface area contributed by atoms with E-state index in [9.17, 15) is 4.79 Å². The molecule has 0 amide bonds. The second-order valence-corrected chi connectivity index (χ2v) is 3.37. The molecule has 1 fully saturated rings. The van der Waals surface area contributed by atoms with Crippen LogP contribution >= 0.6 is 8.58 Å². The summed E-state index contributed by atoms with van der Waals surface area (Å²) in [6, 6.07) is 0. The van der Waals surface area contributed by atoms with Crippen molar-refractivity contribution in [3.63, 3.8) is 0 Å². The molecule has 1 aliphatic rings. The van der Waals surface area contributed by atoms with E-state index in [1.165, 1.54) is 13.0 Å². The van der Waals surface area contributed by atoms with Gasteiger partial charge in [0.1, 0.15) is 5.66 Å². The Labute approximate surface area is 69.5 Å². The van der Waals surface area contributed by atoms with Gasteiger partial charge in [-0.2, -0.15) is 0 Å². The van der Waals surface area contributed by atoms with E-state index in [1.807, 2.05) is 20.0 Å². The number of rotatable bonds is 1. The average Bonchev–Trinajstić information content (AvgIpc) is 2.32. The molecule has 3 heteroatoms. The Kier molecular flexibility index (Phi) is 2.89. The van der Waals surface area contributed by atoms with Crippen molar-refractivity contribution in [2.75, 3.05) is 7.11 Å². The Morgan fingerprint density at radius 2 is 2.18 bits per heavy atom. The van der Waals surface area contributed by atoms with E-state index in [2.05, 4.69) is 4.74 Å². The molecular formula is C8H10O2P. The Hall–Kier alpha value is -0.100. The van der Waals surface area contributed by atoms with Crippen LogP contribution in [0.25, 0.3) is 0 Å². The van der Waals surface area contributed by atoms with Gasteiger partial charge in [0.05, 0.1) is 7.11 Å². The monoisotopic (exact) mass is 169 g/mol. The van der Waals surface area contributed by atoms with E-state index in [-0.39, 0.29) is 5.97 Å². The first kappa shape index (κ1) is 8.99. The minimum Gasteiger partial charge on any atom is -0.468 e. The maximum absolute atomic E-state index is 11.0. The van der Waals surface area contributed by atoms with Gasteiger partial charge in [-0.15, -0.1) is 0 Å². The molecule has 2 nitrogen and oxygen atoms in total. The highest BCUT2D eigenvalue weighted by molar-refractivity contribution is 7.47. The Morgan fingerprint density at radius 1 is 1.55 bits per heavy atom. The molecule has 5 radical (unpaired) electrons. The molecule has 0 aromatic heterocycles. The van der Waals surface area contributed by atoms with Gasteiger partial charge in [-0.25, -0.2) is 0 Å². The maximum atomic E-state index is 11.0. The summed E-state index contributed by atoms with van der Waals surface area (Å²) in [6.45, 7) is 3.94. The molecule has 1 rings (SSSR count). The molecule has 11 heavy (non-hydrogen) atoms. The number of hydrogen-bond donors (Lipinski definition) is 0. The van der Waals surface area contributed by atoms with Gasteiger partial charge in [-0.1, -0.05) is 22.4 Å². The Morgan fingerprint density at radius 3 is 2.55 bits per heavy atom. The fourth-order valence-corrected chi connectivity index (χ4v) is 1.93. The van der Waals surface area contributed by atoms with Crippen molar-refractivity contribution in [2.24, 2.45) is 0 Å². The fraction of sp³-hybridized carbons (Fsp3) is 0.375. The minimum atomic E-state index is -0.211. The van der Waals surface area contributed by atoms with Crippen molar-refractivity contribution in [2.45, 2.75) is 13.8 Å². The lowest BCUT2D eigenvalue weighted by Gasteiger charge is -2.12. The summed E-state index contributed by atoms with van der Waals surface area (Å²) in [6.07, 6.45) is 2.02. The van der Waals surface area contributed by atoms with Crippen LogP contribution in [-0.2, 0) is 9.53 Å². The molecule has 0 unspecified atom stereocenters. The van der Waals surface area contributed by atoms with Crippen LogP contribution in [0, 0.1) is 23.7 Å². The van der Waals surface area contributed by atoms with Crippen molar-refractivity contribution in [3.05, 3.63) is 23.7 Å². The highest BCUT2D eigenvalue weighted by atomic mass is 31.1. The molecule has 0 bridgehead atoms. The molecule has 0 aromatic carbocycles. The van der Waals surface area contributed by atoms with Crippen molar-refractivity contribution >= 4 is 14.6 Å². The predicted octanol–water partition coefficient (Wildman–Crippen LogP) is 2.00. The lowest BCUT2D eigenvalue weighted by molar-refractivity contribution is -0.136. The third kappa shape index (κ3) is 1.73. The molecule has 0 atom stereocenters. The van der Waals surface area contributed by atoms with Crippen LogP contribution in [-0.4, -0.2) is 13.1 Å². The van der Waals surface area contributed by atoms with Crippen LogP contribution in [0.15, 0.2) is 0 Å². The summed E-state index contributed by atoms with van der Waals surface area (Å²) in [4.78, 5) is 11.0. The molecule has 0 N–H and O–H groups in total. The zero-order chi connectivity index (χ0) is 8.43. The average molecular weight is 169 g/mol. The van der Waals surface area contributed by atoms with Crippen LogP contribution < -0.4 is 0 Å². The van der Waals surface area contributed by atoms with E-state index >= 15 is 0 Å². The van der Waals surface area contributed by atoms with Crippen LogP contribution in [0.1, 0.15) is 13.8 Å². The van der Waals surface area contributed by atoms with E-state index < -0.39 is 0 Å². The summed E-state index contributed by atoms with van der Waals surface area (Å²) in [7, 11) is 2.37. The number of ether oxygens (including phenoxy) is 1. The first-order chi connectivity index (χ1) is 5.16. The van der Waals surface area contributed by atoms with Crippen LogP contribution in [0.5, 0.6) is 0 Å². The highest BCUT2D eigenvalue weighted by Crippen LogP contribution is 2.53. The molecular weight excluding hydrogens is 159 g/mol. The van der Waals surface area contributed by atoms with Gasteiger partial charge in [-0.05, 0) is 12.1 Å². The summed E-state index contributed by atoms with van der Waals surface area (Å²) < 4.78 is 4.62. The second kappa shape index (κ2) is 3.53. The molecule has 1 saturated heterocycles. The van der Waals surface area contributed by atoms with Gasteiger partial charge in [0.2, 0.25) is 0 Å². The molecule has 1 heterocycles. The molecule has 0 saturated carbocycles. The smallest absolute Gasteiger partial charge is 0.318 e. The lowest BCUT2D eigenvalue weighted by atomic mass is 9.95. The van der Waals surface area contributed by atoms with Crippen LogP contribution in [0.3, 0.4) is 0 Å². The highest BCUT2D eigenvalue weighted by Gasteiger charge is 2.38. The van der Waals surface area contributed by atoms with Gasteiger partial charge in [0.15, 0.2) is 0 Å². The third-order valence-electron chi connectivity index (χ3n) is 1.71. The third-order valence-corrected chi connectivity index (χ3v) is 3.01. The maximum Gasteiger partial charge on any atom is 0.318 e.